The van der Waals surface area contributed by atoms with Crippen molar-refractivity contribution in [2.24, 2.45) is 0 Å². The molecule has 0 aromatic carbocycles. The average molecular weight is 290 g/mol. The highest BCUT2D eigenvalue weighted by Crippen LogP contribution is 2.30. The molecule has 0 aliphatic carbocycles. The Morgan fingerprint density at radius 2 is 2.00 bits per heavy atom. The Labute approximate surface area is 118 Å². The van der Waals surface area contributed by atoms with Crippen molar-refractivity contribution in [1.82, 2.24) is 10.4 Å². The lowest BCUT2D eigenvalue weighted by atomic mass is 9.98. The van der Waals surface area contributed by atoms with E-state index < -0.39 is 17.2 Å². The summed E-state index contributed by atoms with van der Waals surface area (Å²) in [7, 11) is 2.95. The van der Waals surface area contributed by atoms with E-state index in [9.17, 15) is 9.59 Å². The van der Waals surface area contributed by atoms with Gasteiger partial charge in [0.1, 0.15) is 11.1 Å². The van der Waals surface area contributed by atoms with E-state index >= 15 is 0 Å². The van der Waals surface area contributed by atoms with Gasteiger partial charge < -0.3 is 10.1 Å². The van der Waals surface area contributed by atoms with Gasteiger partial charge in [0.05, 0.1) is 7.11 Å². The Morgan fingerprint density at radius 1 is 1.37 bits per heavy atom. The summed E-state index contributed by atoms with van der Waals surface area (Å²) < 4.78 is 5.22. The quantitative estimate of drug-likeness (QED) is 0.796. The number of hydrogen-bond donors (Lipinski definition) is 1. The first-order valence-electron chi connectivity index (χ1n) is 6.11. The molecule has 0 aromatic rings. The normalized spacial score (nSPS) is 23.0. The minimum Gasteiger partial charge on any atom is -0.444 e. The molecule has 1 aliphatic rings. The maximum Gasteiger partial charge on any atom is 0.408 e. The van der Waals surface area contributed by atoms with Gasteiger partial charge in [-0.05, 0) is 32.9 Å². The fourth-order valence-electron chi connectivity index (χ4n) is 1.77. The molecule has 1 aliphatic heterocycles. The van der Waals surface area contributed by atoms with Gasteiger partial charge in [-0.2, -0.15) is 11.8 Å². The summed E-state index contributed by atoms with van der Waals surface area (Å²) >= 11 is 1.62. The number of thioether (sulfide) groups is 1. The molecular weight excluding hydrogens is 268 g/mol. The van der Waals surface area contributed by atoms with E-state index in [1.807, 2.05) is 0 Å². The minimum absolute atomic E-state index is 0.258. The number of nitrogens with zero attached hydrogens (tertiary/aromatic N) is 1. The van der Waals surface area contributed by atoms with Gasteiger partial charge in [0.25, 0.3) is 5.91 Å². The van der Waals surface area contributed by atoms with E-state index in [1.165, 1.54) is 14.2 Å². The van der Waals surface area contributed by atoms with Crippen LogP contribution in [0.5, 0.6) is 0 Å². The second kappa shape index (κ2) is 6.00. The lowest BCUT2D eigenvalue weighted by Gasteiger charge is -2.32. The van der Waals surface area contributed by atoms with E-state index in [4.69, 9.17) is 9.57 Å². The Morgan fingerprint density at radius 3 is 2.42 bits per heavy atom. The first-order valence-corrected chi connectivity index (χ1v) is 7.27. The van der Waals surface area contributed by atoms with E-state index in [-0.39, 0.29) is 5.91 Å². The Kier molecular flexibility index (Phi) is 5.09. The summed E-state index contributed by atoms with van der Waals surface area (Å²) in [5, 5.41) is 3.85. The van der Waals surface area contributed by atoms with Gasteiger partial charge >= 0.3 is 6.09 Å². The van der Waals surface area contributed by atoms with E-state index in [0.717, 1.165) is 10.8 Å². The summed E-state index contributed by atoms with van der Waals surface area (Å²) in [6.07, 6.45) is -0.00320. The van der Waals surface area contributed by atoms with Crippen LogP contribution in [0.25, 0.3) is 0 Å². The van der Waals surface area contributed by atoms with Gasteiger partial charge in [0.2, 0.25) is 0 Å². The lowest BCUT2D eigenvalue weighted by molar-refractivity contribution is -0.175. The zero-order valence-electron chi connectivity index (χ0n) is 12.1. The third kappa shape index (κ3) is 4.28. The molecule has 0 spiro atoms. The first-order chi connectivity index (χ1) is 8.70. The van der Waals surface area contributed by atoms with E-state index in [0.29, 0.717) is 12.2 Å². The molecule has 2 amide bonds. The van der Waals surface area contributed by atoms with Crippen LogP contribution in [0.15, 0.2) is 0 Å². The van der Waals surface area contributed by atoms with Crippen LogP contribution < -0.4 is 5.32 Å². The molecule has 1 saturated heterocycles. The van der Waals surface area contributed by atoms with Crippen LogP contribution in [0.4, 0.5) is 4.79 Å². The summed E-state index contributed by atoms with van der Waals surface area (Å²) in [4.78, 5) is 29.1. The Bertz CT molecular complexity index is 348. The largest absolute Gasteiger partial charge is 0.444 e. The van der Waals surface area contributed by atoms with Crippen LogP contribution in [-0.2, 0) is 14.4 Å². The molecule has 0 bridgehead atoms. The molecule has 0 saturated carbocycles. The highest BCUT2D eigenvalue weighted by molar-refractivity contribution is 7.99. The van der Waals surface area contributed by atoms with Crippen molar-refractivity contribution in [1.29, 1.82) is 0 Å². The molecule has 19 heavy (non-hydrogen) atoms. The molecule has 1 fully saturated rings. The lowest BCUT2D eigenvalue weighted by Crippen LogP contribution is -2.59. The number of amides is 2. The molecule has 0 radical (unpaired) electrons. The molecule has 1 unspecified atom stereocenters. The number of carbonyl (C=O) groups is 2. The molecule has 1 atom stereocenters. The van der Waals surface area contributed by atoms with Gasteiger partial charge in [0.15, 0.2) is 0 Å². The second-order valence-corrected chi connectivity index (χ2v) is 6.60. The number of nitrogens with one attached hydrogen (secondary N) is 1. The Hall–Kier alpha value is -0.950. The fourth-order valence-corrected chi connectivity index (χ4v) is 3.09. The number of alkyl carbamates (subject to hydrolysis) is 1. The number of rotatable bonds is 3. The monoisotopic (exact) mass is 290 g/mol. The van der Waals surface area contributed by atoms with Crippen molar-refractivity contribution in [3.63, 3.8) is 0 Å². The van der Waals surface area contributed by atoms with Gasteiger partial charge in [-0.15, -0.1) is 0 Å². The topological polar surface area (TPSA) is 67.9 Å². The predicted molar refractivity (Wildman–Crippen MR) is 73.8 cm³/mol. The molecule has 7 heteroatoms. The standard InChI is InChI=1S/C12H22N2O4S/c1-11(2,3)18-10(16)13-12(6-7-19-8-12)9(15)14(4)17-5/h6-8H2,1-5H3,(H,13,16). The van der Waals surface area contributed by atoms with Crippen LogP contribution in [0.3, 0.4) is 0 Å². The van der Waals surface area contributed by atoms with Crippen LogP contribution in [-0.4, -0.2) is 53.9 Å². The molecular formula is C12H22N2O4S. The average Bonchev–Trinajstić information content (AvgIpc) is 2.73. The molecule has 1 heterocycles. The zero-order valence-corrected chi connectivity index (χ0v) is 12.9. The SMILES string of the molecule is CON(C)C(=O)C1(NC(=O)OC(C)(C)C)CCSC1. The third-order valence-corrected chi connectivity index (χ3v) is 3.92. The maximum atomic E-state index is 12.3. The molecule has 1 rings (SSSR count). The van der Waals surface area contributed by atoms with Gasteiger partial charge in [-0.25, -0.2) is 9.86 Å². The number of carbonyl (C=O) groups excluding carboxylic acids is 2. The van der Waals surface area contributed by atoms with Crippen LogP contribution in [0.2, 0.25) is 0 Å². The van der Waals surface area contributed by atoms with Gasteiger partial charge in [-0.1, -0.05) is 0 Å². The number of hydroxylamine groups is 2. The first kappa shape index (κ1) is 16.1. The zero-order chi connectivity index (χ0) is 14.7. The number of likely N-dealkylation sites (N-methyl/N-ethyl adjacent to an activating group) is 1. The van der Waals surface area contributed by atoms with Crippen molar-refractivity contribution in [2.45, 2.75) is 38.3 Å². The van der Waals surface area contributed by atoms with Gasteiger partial charge in [-0.3, -0.25) is 9.63 Å². The van der Waals surface area contributed by atoms with Crippen molar-refractivity contribution >= 4 is 23.8 Å². The second-order valence-electron chi connectivity index (χ2n) is 5.50. The van der Waals surface area contributed by atoms with E-state index in [2.05, 4.69) is 5.32 Å². The summed E-state index contributed by atoms with van der Waals surface area (Å²) in [6.45, 7) is 5.35. The van der Waals surface area contributed by atoms with E-state index in [1.54, 1.807) is 32.5 Å². The van der Waals surface area contributed by atoms with Crippen molar-refractivity contribution in [2.75, 3.05) is 25.7 Å². The third-order valence-electron chi connectivity index (χ3n) is 2.73. The Balaban J connectivity index is 2.78. The highest BCUT2D eigenvalue weighted by atomic mass is 32.2. The van der Waals surface area contributed by atoms with Crippen LogP contribution in [0.1, 0.15) is 27.2 Å². The van der Waals surface area contributed by atoms with Crippen LogP contribution in [0, 0.1) is 0 Å². The predicted octanol–water partition coefficient (Wildman–Crippen LogP) is 1.41. The van der Waals surface area contributed by atoms with Crippen LogP contribution >= 0.6 is 11.8 Å². The van der Waals surface area contributed by atoms with Crippen molar-refractivity contribution in [3.8, 4) is 0 Å². The summed E-state index contributed by atoms with van der Waals surface area (Å²) in [5.74, 6) is 1.09. The molecule has 1 N–H and O–H groups in total. The van der Waals surface area contributed by atoms with Crippen molar-refractivity contribution in [3.05, 3.63) is 0 Å². The van der Waals surface area contributed by atoms with Gasteiger partial charge in [0, 0.05) is 12.8 Å². The fraction of sp³-hybridized carbons (Fsp3) is 0.833. The molecule has 110 valence electrons. The summed E-state index contributed by atoms with van der Waals surface area (Å²) in [6, 6.07) is 0. The molecule has 6 nitrogen and oxygen atoms in total. The summed E-state index contributed by atoms with van der Waals surface area (Å²) in [5.41, 5.74) is -1.52. The number of ether oxygens (including phenoxy) is 1. The van der Waals surface area contributed by atoms with Crippen molar-refractivity contribution < 1.29 is 19.2 Å². The molecule has 0 aromatic heterocycles. The maximum absolute atomic E-state index is 12.3. The minimum atomic E-state index is -0.933. The number of hydrogen-bond acceptors (Lipinski definition) is 5. The highest BCUT2D eigenvalue weighted by Gasteiger charge is 2.45. The smallest absolute Gasteiger partial charge is 0.408 e.